The van der Waals surface area contributed by atoms with E-state index in [9.17, 15) is 19.8 Å². The van der Waals surface area contributed by atoms with Crippen LogP contribution in [0, 0.1) is 17.8 Å². The number of halogens is 1. The Bertz CT molecular complexity index is 1500. The van der Waals surface area contributed by atoms with Crippen LogP contribution < -0.4 is 4.90 Å². The molecule has 0 radical (unpaired) electrons. The predicted molar refractivity (Wildman–Crippen MR) is 155 cm³/mol. The van der Waals surface area contributed by atoms with Gasteiger partial charge in [-0.3, -0.25) is 14.5 Å². The standard InChI is InChI=1S/C33H30ClNO5/c34-28-17-25(37)13-11-22(28)15-21(20-7-3-1-4-8-20)12-14-29-30-23(18-36)16-26-31(27(30)19-40-29)33(39)35(32(26)38)24-9-5-2-6-10-24/h1-11,13,15,17,26-27,29,31,36-37H,12,14,16,18-19H2/b21-15-/t26-,27+,29-,31-/m1/s1. The number of rotatable bonds is 7. The minimum Gasteiger partial charge on any atom is -0.508 e. The number of aliphatic hydroxyl groups excluding tert-OH is 1. The van der Waals surface area contributed by atoms with Crippen LogP contribution in [-0.4, -0.2) is 41.3 Å². The molecule has 6 nitrogen and oxygen atoms in total. The fraction of sp³-hybridized carbons (Fsp3) is 0.273. The number of phenolic OH excluding ortho intramolecular Hbond substituents is 1. The molecular formula is C33H30ClNO5. The van der Waals surface area contributed by atoms with Crippen LogP contribution in [0.25, 0.3) is 11.6 Å². The Labute approximate surface area is 238 Å². The van der Waals surface area contributed by atoms with Gasteiger partial charge in [-0.15, -0.1) is 0 Å². The molecule has 0 saturated carbocycles. The Kier molecular flexibility index (Phi) is 7.32. The molecule has 0 bridgehead atoms. The molecule has 1 aliphatic carbocycles. The zero-order chi connectivity index (χ0) is 27.8. The Hall–Kier alpha value is -3.71. The number of anilines is 1. The lowest BCUT2D eigenvalue weighted by Gasteiger charge is -2.31. The lowest BCUT2D eigenvalue weighted by atomic mass is 9.69. The van der Waals surface area contributed by atoms with Crippen LogP contribution in [-0.2, 0) is 14.3 Å². The molecule has 7 heteroatoms. The third kappa shape index (κ3) is 4.77. The first kappa shape index (κ1) is 26.5. The molecule has 0 unspecified atom stereocenters. The second-order valence-corrected chi connectivity index (χ2v) is 11.0. The normalized spacial score (nSPS) is 24.4. The summed E-state index contributed by atoms with van der Waals surface area (Å²) < 4.78 is 6.30. The molecule has 0 spiro atoms. The maximum absolute atomic E-state index is 13.6. The average Bonchev–Trinajstić information content (AvgIpc) is 3.50. The van der Waals surface area contributed by atoms with E-state index < -0.39 is 11.8 Å². The van der Waals surface area contributed by atoms with Crippen molar-refractivity contribution < 1.29 is 24.5 Å². The number of imide groups is 1. The van der Waals surface area contributed by atoms with Gasteiger partial charge in [0.05, 0.1) is 41.9 Å². The third-order valence-corrected chi connectivity index (χ3v) is 8.67. The number of hydrogen-bond donors (Lipinski definition) is 2. The summed E-state index contributed by atoms with van der Waals surface area (Å²) in [6, 6.07) is 24.0. The van der Waals surface area contributed by atoms with Gasteiger partial charge in [-0.25, -0.2) is 0 Å². The molecule has 3 aliphatic rings. The van der Waals surface area contributed by atoms with E-state index in [-0.39, 0.29) is 36.2 Å². The van der Waals surface area contributed by atoms with E-state index in [2.05, 4.69) is 0 Å². The van der Waals surface area contributed by atoms with Gasteiger partial charge in [0.15, 0.2) is 0 Å². The first-order valence-electron chi connectivity index (χ1n) is 13.6. The van der Waals surface area contributed by atoms with E-state index >= 15 is 0 Å². The van der Waals surface area contributed by atoms with Gasteiger partial charge in [0.2, 0.25) is 11.8 Å². The smallest absolute Gasteiger partial charge is 0.238 e. The van der Waals surface area contributed by atoms with Gasteiger partial charge in [0.25, 0.3) is 0 Å². The number of allylic oxidation sites excluding steroid dienone is 1. The molecule has 204 valence electrons. The lowest BCUT2D eigenvalue weighted by Crippen LogP contribution is -2.35. The van der Waals surface area contributed by atoms with E-state index in [1.165, 1.54) is 11.0 Å². The maximum Gasteiger partial charge on any atom is 0.238 e. The summed E-state index contributed by atoms with van der Waals surface area (Å²) in [7, 11) is 0. The van der Waals surface area contributed by atoms with E-state index in [0.29, 0.717) is 36.6 Å². The molecule has 2 heterocycles. The highest BCUT2D eigenvalue weighted by atomic mass is 35.5. The number of aromatic hydroxyl groups is 1. The maximum atomic E-state index is 13.6. The van der Waals surface area contributed by atoms with Crippen molar-refractivity contribution in [2.24, 2.45) is 17.8 Å². The topological polar surface area (TPSA) is 87.1 Å². The molecule has 2 aliphatic heterocycles. The molecular weight excluding hydrogens is 526 g/mol. The number of fused-ring (bicyclic) bond motifs is 3. The van der Waals surface area contributed by atoms with Gasteiger partial charge in [-0.05, 0) is 83.5 Å². The summed E-state index contributed by atoms with van der Waals surface area (Å²) in [5.74, 6) is -1.47. The molecule has 2 N–H and O–H groups in total. The molecule has 3 aromatic carbocycles. The van der Waals surface area contributed by atoms with E-state index in [0.717, 1.165) is 27.8 Å². The first-order chi connectivity index (χ1) is 19.5. The monoisotopic (exact) mass is 555 g/mol. The highest BCUT2D eigenvalue weighted by molar-refractivity contribution is 6.32. The van der Waals surface area contributed by atoms with Crippen molar-refractivity contribution in [2.45, 2.75) is 25.4 Å². The zero-order valence-corrected chi connectivity index (χ0v) is 22.6. The van der Waals surface area contributed by atoms with Gasteiger partial charge >= 0.3 is 0 Å². The molecule has 6 rings (SSSR count). The van der Waals surface area contributed by atoms with Crippen LogP contribution in [0.15, 0.2) is 90.0 Å². The minimum atomic E-state index is -0.484. The van der Waals surface area contributed by atoms with E-state index in [1.54, 1.807) is 24.3 Å². The van der Waals surface area contributed by atoms with Crippen molar-refractivity contribution in [3.05, 3.63) is 106 Å². The lowest BCUT2D eigenvalue weighted by molar-refractivity contribution is -0.122. The Morgan fingerprint density at radius 1 is 0.975 bits per heavy atom. The molecule has 4 atom stereocenters. The molecule has 0 aromatic heterocycles. The highest BCUT2D eigenvalue weighted by Gasteiger charge is 2.57. The molecule has 2 amide bonds. The van der Waals surface area contributed by atoms with Crippen LogP contribution in [0.4, 0.5) is 5.69 Å². The van der Waals surface area contributed by atoms with Crippen LogP contribution in [0.1, 0.15) is 30.4 Å². The number of phenols is 1. The number of aliphatic hydroxyl groups is 1. The van der Waals surface area contributed by atoms with Crippen molar-refractivity contribution in [3.63, 3.8) is 0 Å². The van der Waals surface area contributed by atoms with Gasteiger partial charge in [0.1, 0.15) is 5.75 Å². The number of benzene rings is 3. The molecule has 3 aromatic rings. The average molecular weight is 556 g/mol. The van der Waals surface area contributed by atoms with Crippen molar-refractivity contribution in [3.8, 4) is 5.75 Å². The largest absolute Gasteiger partial charge is 0.508 e. The Morgan fingerprint density at radius 3 is 2.40 bits per heavy atom. The highest BCUT2D eigenvalue weighted by Crippen LogP contribution is 2.50. The van der Waals surface area contributed by atoms with Gasteiger partial charge < -0.3 is 14.9 Å². The van der Waals surface area contributed by atoms with Crippen LogP contribution in [0.3, 0.4) is 0 Å². The number of nitrogens with zero attached hydrogens (tertiary/aromatic N) is 1. The van der Waals surface area contributed by atoms with Gasteiger partial charge in [-0.1, -0.05) is 60.1 Å². The summed E-state index contributed by atoms with van der Waals surface area (Å²) in [5, 5.41) is 20.6. The first-order valence-corrected chi connectivity index (χ1v) is 14.0. The SMILES string of the molecule is O=C1[C@@H]2[C@@H](CC(CO)=C3[C@@H](CC/C(=C/c4ccc(O)cc4Cl)c4ccccc4)OC[C@@H]32)C(=O)N1c1ccccc1. The quantitative estimate of drug-likeness (QED) is 0.216. The van der Waals surface area contributed by atoms with Crippen LogP contribution in [0.2, 0.25) is 5.02 Å². The van der Waals surface area contributed by atoms with Crippen molar-refractivity contribution in [1.82, 2.24) is 0 Å². The van der Waals surface area contributed by atoms with Crippen molar-refractivity contribution in [2.75, 3.05) is 18.1 Å². The summed E-state index contributed by atoms with van der Waals surface area (Å²) >= 11 is 6.42. The van der Waals surface area contributed by atoms with Crippen molar-refractivity contribution in [1.29, 1.82) is 0 Å². The summed E-state index contributed by atoms with van der Waals surface area (Å²) in [4.78, 5) is 28.4. The van der Waals surface area contributed by atoms with Crippen LogP contribution >= 0.6 is 11.6 Å². The van der Waals surface area contributed by atoms with Crippen molar-refractivity contribution >= 4 is 40.8 Å². The fourth-order valence-corrected chi connectivity index (χ4v) is 6.74. The number of carbonyl (C=O) groups is 2. The number of carbonyl (C=O) groups excluding carboxylic acids is 2. The summed E-state index contributed by atoms with van der Waals surface area (Å²) in [6.07, 6.45) is 3.44. The molecule has 2 fully saturated rings. The second kappa shape index (κ2) is 11.0. The fourth-order valence-electron chi connectivity index (χ4n) is 6.51. The zero-order valence-electron chi connectivity index (χ0n) is 21.9. The van der Waals surface area contributed by atoms with E-state index in [4.69, 9.17) is 16.3 Å². The van der Waals surface area contributed by atoms with Gasteiger partial charge in [0, 0.05) is 5.92 Å². The Balaban J connectivity index is 1.27. The second-order valence-electron chi connectivity index (χ2n) is 10.6. The number of ether oxygens (including phenoxy) is 1. The third-order valence-electron chi connectivity index (χ3n) is 8.35. The predicted octanol–water partition coefficient (Wildman–Crippen LogP) is 5.88. The van der Waals surface area contributed by atoms with Crippen LogP contribution in [0.5, 0.6) is 5.75 Å². The molecule has 2 saturated heterocycles. The van der Waals surface area contributed by atoms with Gasteiger partial charge in [-0.2, -0.15) is 0 Å². The Morgan fingerprint density at radius 2 is 1.70 bits per heavy atom. The number of para-hydroxylation sites is 1. The number of amides is 2. The molecule has 40 heavy (non-hydrogen) atoms. The summed E-state index contributed by atoms with van der Waals surface area (Å²) in [6.45, 7) is 0.187. The summed E-state index contributed by atoms with van der Waals surface area (Å²) in [5.41, 5.74) is 5.29. The van der Waals surface area contributed by atoms with E-state index in [1.807, 2.05) is 54.6 Å². The number of hydrogen-bond acceptors (Lipinski definition) is 5. The minimum absolute atomic E-state index is 0.110.